The summed E-state index contributed by atoms with van der Waals surface area (Å²) >= 11 is 0. The van der Waals surface area contributed by atoms with Gasteiger partial charge >= 0.3 is 0 Å². The normalized spacial score (nSPS) is 10.2. The van der Waals surface area contributed by atoms with Crippen molar-refractivity contribution < 1.29 is 4.39 Å². The second-order valence-electron chi connectivity index (χ2n) is 3.83. The third kappa shape index (κ3) is 2.81. The van der Waals surface area contributed by atoms with E-state index in [2.05, 4.69) is 16.8 Å². The summed E-state index contributed by atoms with van der Waals surface area (Å²) in [5, 5.41) is 0. The minimum Gasteiger partial charge on any atom is -0.341 e. The van der Waals surface area contributed by atoms with Gasteiger partial charge in [0.05, 0.1) is 0 Å². The molecule has 0 atom stereocenters. The lowest BCUT2D eigenvalue weighted by molar-refractivity contribution is 0.627. The van der Waals surface area contributed by atoms with Crippen LogP contribution >= 0.6 is 0 Å². The van der Waals surface area contributed by atoms with E-state index in [1.807, 2.05) is 12.1 Å². The van der Waals surface area contributed by atoms with E-state index in [0.717, 1.165) is 24.3 Å². The Balaban J connectivity index is 2.32. The molecule has 2 nitrogen and oxygen atoms in total. The molecule has 0 bridgehead atoms. The molecule has 0 spiro atoms. The van der Waals surface area contributed by atoms with Crippen molar-refractivity contribution in [2.75, 3.05) is 11.4 Å². The first kappa shape index (κ1) is 11.6. The van der Waals surface area contributed by atoms with Gasteiger partial charge in [0.15, 0.2) is 0 Å². The fourth-order valence-electron chi connectivity index (χ4n) is 1.78. The van der Waals surface area contributed by atoms with Gasteiger partial charge in [-0.15, -0.1) is 0 Å². The molecule has 3 heteroatoms. The highest BCUT2D eigenvalue weighted by molar-refractivity contribution is 5.62. The molecule has 0 amide bonds. The van der Waals surface area contributed by atoms with Crippen molar-refractivity contribution in [1.82, 2.24) is 4.98 Å². The average molecular weight is 230 g/mol. The molecule has 0 saturated heterocycles. The average Bonchev–Trinajstić information content (AvgIpc) is 2.38. The predicted molar refractivity (Wildman–Crippen MR) is 67.9 cm³/mol. The van der Waals surface area contributed by atoms with Crippen LogP contribution in [0.15, 0.2) is 48.8 Å². The van der Waals surface area contributed by atoms with E-state index in [1.54, 1.807) is 24.5 Å². The van der Waals surface area contributed by atoms with Crippen LogP contribution in [0.25, 0.3) is 0 Å². The van der Waals surface area contributed by atoms with Gasteiger partial charge in [0.2, 0.25) is 0 Å². The van der Waals surface area contributed by atoms with Crippen LogP contribution in [-0.2, 0) is 0 Å². The molecule has 0 saturated carbocycles. The topological polar surface area (TPSA) is 16.1 Å². The van der Waals surface area contributed by atoms with Crippen molar-refractivity contribution in [3.8, 4) is 0 Å². The number of hydrogen-bond acceptors (Lipinski definition) is 2. The molecule has 2 rings (SSSR count). The summed E-state index contributed by atoms with van der Waals surface area (Å²) < 4.78 is 12.9. The van der Waals surface area contributed by atoms with E-state index in [0.29, 0.717) is 0 Å². The van der Waals surface area contributed by atoms with Crippen LogP contribution < -0.4 is 4.90 Å². The third-order valence-corrected chi connectivity index (χ3v) is 2.56. The van der Waals surface area contributed by atoms with Crippen LogP contribution in [0.2, 0.25) is 0 Å². The highest BCUT2D eigenvalue weighted by Crippen LogP contribution is 2.24. The van der Waals surface area contributed by atoms with Crippen molar-refractivity contribution >= 4 is 11.4 Å². The Morgan fingerprint density at radius 3 is 2.18 bits per heavy atom. The van der Waals surface area contributed by atoms with Crippen LogP contribution in [0.5, 0.6) is 0 Å². The molecular weight excluding hydrogens is 215 g/mol. The summed E-state index contributed by atoms with van der Waals surface area (Å²) in [5.41, 5.74) is 2.08. The van der Waals surface area contributed by atoms with E-state index in [9.17, 15) is 4.39 Å². The minimum atomic E-state index is -0.208. The number of rotatable bonds is 4. The Morgan fingerprint density at radius 1 is 1.00 bits per heavy atom. The predicted octanol–water partition coefficient (Wildman–Crippen LogP) is 3.77. The summed E-state index contributed by atoms with van der Waals surface area (Å²) in [7, 11) is 0. The summed E-state index contributed by atoms with van der Waals surface area (Å²) in [5.74, 6) is -0.208. The largest absolute Gasteiger partial charge is 0.341 e. The Kier molecular flexibility index (Phi) is 3.70. The molecule has 17 heavy (non-hydrogen) atoms. The summed E-state index contributed by atoms with van der Waals surface area (Å²) in [4.78, 5) is 6.16. The highest BCUT2D eigenvalue weighted by atomic mass is 19.1. The van der Waals surface area contributed by atoms with Crippen molar-refractivity contribution in [2.24, 2.45) is 0 Å². The van der Waals surface area contributed by atoms with Gasteiger partial charge in [0, 0.05) is 30.3 Å². The van der Waals surface area contributed by atoms with Gasteiger partial charge in [-0.3, -0.25) is 4.98 Å². The molecule has 1 heterocycles. The molecule has 0 aliphatic rings. The lowest BCUT2D eigenvalue weighted by Gasteiger charge is -2.24. The quantitative estimate of drug-likeness (QED) is 0.794. The van der Waals surface area contributed by atoms with Gasteiger partial charge in [-0.1, -0.05) is 6.92 Å². The van der Waals surface area contributed by atoms with Crippen LogP contribution in [0.4, 0.5) is 15.8 Å². The van der Waals surface area contributed by atoms with Crippen LogP contribution in [0.1, 0.15) is 13.3 Å². The van der Waals surface area contributed by atoms with E-state index in [1.165, 1.54) is 12.1 Å². The first-order chi connectivity index (χ1) is 8.31. The van der Waals surface area contributed by atoms with Crippen LogP contribution in [-0.4, -0.2) is 11.5 Å². The summed E-state index contributed by atoms with van der Waals surface area (Å²) in [6, 6.07) is 10.5. The maximum absolute atomic E-state index is 12.9. The smallest absolute Gasteiger partial charge is 0.123 e. The molecule has 0 unspecified atom stereocenters. The monoisotopic (exact) mass is 230 g/mol. The van der Waals surface area contributed by atoms with E-state index >= 15 is 0 Å². The molecule has 0 radical (unpaired) electrons. The zero-order chi connectivity index (χ0) is 12.1. The van der Waals surface area contributed by atoms with Gasteiger partial charge in [0.1, 0.15) is 5.82 Å². The molecule has 0 aliphatic heterocycles. The lowest BCUT2D eigenvalue weighted by Crippen LogP contribution is -2.17. The number of pyridine rings is 1. The van der Waals surface area contributed by atoms with E-state index in [4.69, 9.17) is 0 Å². The number of halogens is 1. The first-order valence-electron chi connectivity index (χ1n) is 5.74. The Hall–Kier alpha value is -1.90. The van der Waals surface area contributed by atoms with Gasteiger partial charge in [0.25, 0.3) is 0 Å². The molecule has 1 aromatic carbocycles. The number of nitrogens with zero attached hydrogens (tertiary/aromatic N) is 2. The second-order valence-corrected chi connectivity index (χ2v) is 3.83. The van der Waals surface area contributed by atoms with Crippen LogP contribution in [0, 0.1) is 5.82 Å². The third-order valence-electron chi connectivity index (χ3n) is 2.56. The SMILES string of the molecule is CCCN(c1ccncc1)c1ccc(F)cc1. The maximum Gasteiger partial charge on any atom is 0.123 e. The van der Waals surface area contributed by atoms with Crippen molar-refractivity contribution in [2.45, 2.75) is 13.3 Å². The molecule has 2 aromatic rings. The van der Waals surface area contributed by atoms with E-state index in [-0.39, 0.29) is 5.82 Å². The summed E-state index contributed by atoms with van der Waals surface area (Å²) in [6.45, 7) is 3.02. The van der Waals surface area contributed by atoms with Crippen molar-refractivity contribution in [1.29, 1.82) is 0 Å². The Morgan fingerprint density at radius 2 is 1.59 bits per heavy atom. The van der Waals surface area contributed by atoms with Crippen molar-refractivity contribution in [3.63, 3.8) is 0 Å². The second kappa shape index (κ2) is 5.43. The summed E-state index contributed by atoms with van der Waals surface area (Å²) in [6.07, 6.45) is 4.56. The van der Waals surface area contributed by atoms with Gasteiger partial charge in [-0.2, -0.15) is 0 Å². The molecule has 0 N–H and O–H groups in total. The maximum atomic E-state index is 12.9. The van der Waals surface area contributed by atoms with Gasteiger partial charge in [-0.05, 0) is 42.8 Å². The number of hydrogen-bond donors (Lipinski definition) is 0. The molecule has 1 aromatic heterocycles. The fourth-order valence-corrected chi connectivity index (χ4v) is 1.78. The highest BCUT2D eigenvalue weighted by Gasteiger charge is 2.07. The molecule has 0 fully saturated rings. The van der Waals surface area contributed by atoms with Crippen molar-refractivity contribution in [3.05, 3.63) is 54.6 Å². The zero-order valence-electron chi connectivity index (χ0n) is 9.81. The lowest BCUT2D eigenvalue weighted by atomic mass is 10.2. The number of anilines is 2. The van der Waals surface area contributed by atoms with Crippen LogP contribution in [0.3, 0.4) is 0 Å². The minimum absolute atomic E-state index is 0.208. The fraction of sp³-hybridized carbons (Fsp3) is 0.214. The number of aromatic nitrogens is 1. The standard InChI is InChI=1S/C14H15FN2/c1-2-11-17(14-7-9-16-10-8-14)13-5-3-12(15)4-6-13/h3-10H,2,11H2,1H3. The zero-order valence-corrected chi connectivity index (χ0v) is 9.81. The molecule has 88 valence electrons. The van der Waals surface area contributed by atoms with E-state index < -0.39 is 0 Å². The van der Waals surface area contributed by atoms with Gasteiger partial charge in [-0.25, -0.2) is 4.39 Å². The Bertz CT molecular complexity index is 453. The number of benzene rings is 1. The molecular formula is C14H15FN2. The molecule has 0 aliphatic carbocycles. The first-order valence-corrected chi connectivity index (χ1v) is 5.74. The van der Waals surface area contributed by atoms with Gasteiger partial charge < -0.3 is 4.90 Å². The Labute approximate surface area is 101 Å².